The fraction of sp³-hybridized carbons (Fsp3) is 0.464. The van der Waals surface area contributed by atoms with Crippen LogP contribution in [0.1, 0.15) is 19.8 Å². The highest BCUT2D eigenvalue weighted by atomic mass is 79.9. The van der Waals surface area contributed by atoms with Crippen molar-refractivity contribution >= 4 is 50.2 Å². The summed E-state index contributed by atoms with van der Waals surface area (Å²) in [5, 5.41) is 11.6. The van der Waals surface area contributed by atoms with Gasteiger partial charge < -0.3 is 24.4 Å². The number of halogens is 1. The number of ether oxygens (including phenoxy) is 2. The highest BCUT2D eigenvalue weighted by Gasteiger charge is 2.77. The first-order valence-corrected chi connectivity index (χ1v) is 13.6. The molecular weight excluding hydrogens is 540 g/mol. The molecule has 0 radical (unpaired) electrons. The maximum atomic E-state index is 14.4. The number of hydrogen-bond acceptors (Lipinski definition) is 6. The second-order valence-electron chi connectivity index (χ2n) is 9.79. The van der Waals surface area contributed by atoms with E-state index in [4.69, 9.17) is 9.47 Å². The van der Waals surface area contributed by atoms with Crippen molar-refractivity contribution in [3.63, 3.8) is 0 Å². The molecule has 2 aromatic carbocycles. The van der Waals surface area contributed by atoms with Gasteiger partial charge in [0, 0.05) is 30.2 Å². The number of amides is 2. The molecule has 0 aliphatic carbocycles. The Balaban J connectivity index is 1.58. The van der Waals surface area contributed by atoms with Gasteiger partial charge in [-0.25, -0.2) is 0 Å². The van der Waals surface area contributed by atoms with Crippen molar-refractivity contribution in [3.8, 4) is 0 Å². The molecule has 3 aliphatic heterocycles. The van der Waals surface area contributed by atoms with E-state index in [0.29, 0.717) is 18.5 Å². The summed E-state index contributed by atoms with van der Waals surface area (Å²) < 4.78 is 11.8. The molecule has 1 spiro atoms. The Morgan fingerprint density at radius 1 is 1.30 bits per heavy atom. The number of benzene rings is 2. The maximum absolute atomic E-state index is 14.4. The molecule has 1 unspecified atom stereocenters. The molecule has 3 heterocycles. The van der Waals surface area contributed by atoms with Crippen LogP contribution in [-0.4, -0.2) is 76.7 Å². The van der Waals surface area contributed by atoms with Crippen LogP contribution in [0.25, 0.3) is 10.8 Å². The molecule has 8 nitrogen and oxygen atoms in total. The molecule has 2 amide bonds. The van der Waals surface area contributed by atoms with Crippen LogP contribution in [0.15, 0.2) is 55.1 Å². The van der Waals surface area contributed by atoms with Crippen molar-refractivity contribution in [1.82, 2.24) is 4.90 Å². The number of fused-ring (bicyclic) bond motifs is 2. The van der Waals surface area contributed by atoms with Gasteiger partial charge in [0.05, 0.1) is 24.5 Å². The third-order valence-electron chi connectivity index (χ3n) is 7.76. The standard InChI is InChI=1S/C28H31BrN2O6/c1-3-12-30(19-11-10-17-8-5-6-9-18(17)15-19)26(34)24-28-16-20(29)23(37-28)21(27(35)36-4-2)22(28)25(33)31(24)13-7-14-32/h3,5-6,8-11,15,20-24,32H,1,4,7,12-14,16H2,2H3/t20?,21-,22+,23-,24-,28+/m1/s1. The summed E-state index contributed by atoms with van der Waals surface area (Å²) in [5.74, 6) is -2.70. The van der Waals surface area contributed by atoms with Crippen LogP contribution in [0, 0.1) is 11.8 Å². The Labute approximate surface area is 224 Å². The number of anilines is 1. The largest absolute Gasteiger partial charge is 0.466 e. The number of aliphatic hydroxyl groups is 1. The number of alkyl halides is 1. The van der Waals surface area contributed by atoms with E-state index in [0.717, 1.165) is 10.8 Å². The fourth-order valence-corrected chi connectivity index (χ4v) is 7.28. The van der Waals surface area contributed by atoms with Gasteiger partial charge in [0.25, 0.3) is 5.91 Å². The van der Waals surface area contributed by atoms with Crippen LogP contribution in [0.5, 0.6) is 0 Å². The van der Waals surface area contributed by atoms with E-state index in [-0.39, 0.29) is 42.9 Å². The molecular formula is C28H31BrN2O6. The summed E-state index contributed by atoms with van der Waals surface area (Å²) in [7, 11) is 0. The van der Waals surface area contributed by atoms with Crippen LogP contribution < -0.4 is 4.90 Å². The molecule has 37 heavy (non-hydrogen) atoms. The van der Waals surface area contributed by atoms with Crippen LogP contribution >= 0.6 is 15.9 Å². The molecule has 9 heteroatoms. The van der Waals surface area contributed by atoms with Crippen LogP contribution in [0.3, 0.4) is 0 Å². The van der Waals surface area contributed by atoms with E-state index >= 15 is 0 Å². The average Bonchev–Trinajstić information content (AvgIpc) is 3.48. The fourth-order valence-electron chi connectivity index (χ4n) is 6.34. The van der Waals surface area contributed by atoms with E-state index in [1.165, 1.54) is 4.90 Å². The van der Waals surface area contributed by atoms with Gasteiger partial charge in [0.1, 0.15) is 11.6 Å². The molecule has 2 aromatic rings. The van der Waals surface area contributed by atoms with Crippen molar-refractivity contribution in [2.45, 2.75) is 42.3 Å². The maximum Gasteiger partial charge on any atom is 0.312 e. The Morgan fingerprint density at radius 2 is 2.05 bits per heavy atom. The minimum atomic E-state index is -1.17. The summed E-state index contributed by atoms with van der Waals surface area (Å²) in [6, 6.07) is 12.7. The minimum absolute atomic E-state index is 0.130. The lowest BCUT2D eigenvalue weighted by molar-refractivity contribution is -0.154. The lowest BCUT2D eigenvalue weighted by Gasteiger charge is -2.37. The summed E-state index contributed by atoms with van der Waals surface area (Å²) in [6.45, 7) is 6.05. The van der Waals surface area contributed by atoms with E-state index in [9.17, 15) is 19.5 Å². The van der Waals surface area contributed by atoms with Crippen molar-refractivity contribution < 1.29 is 29.0 Å². The van der Waals surface area contributed by atoms with Crippen molar-refractivity contribution in [2.75, 3.05) is 31.2 Å². The van der Waals surface area contributed by atoms with Crippen LogP contribution in [0.2, 0.25) is 0 Å². The van der Waals surface area contributed by atoms with E-state index in [1.807, 2.05) is 42.5 Å². The van der Waals surface area contributed by atoms with E-state index in [2.05, 4.69) is 22.5 Å². The predicted molar refractivity (Wildman–Crippen MR) is 142 cm³/mol. The van der Waals surface area contributed by atoms with Gasteiger partial charge >= 0.3 is 5.97 Å². The van der Waals surface area contributed by atoms with Gasteiger partial charge in [-0.2, -0.15) is 0 Å². The van der Waals surface area contributed by atoms with E-state index in [1.54, 1.807) is 17.9 Å². The second-order valence-corrected chi connectivity index (χ2v) is 11.0. The smallest absolute Gasteiger partial charge is 0.312 e. The molecule has 3 fully saturated rings. The Bertz CT molecular complexity index is 1240. The summed E-state index contributed by atoms with van der Waals surface area (Å²) in [6.07, 6.45) is 1.81. The number of nitrogens with zero attached hydrogens (tertiary/aromatic N) is 2. The quantitative estimate of drug-likeness (QED) is 0.283. The Hall–Kier alpha value is -2.75. The molecule has 196 valence electrons. The van der Waals surface area contributed by atoms with Crippen LogP contribution in [-0.2, 0) is 23.9 Å². The number of carbonyl (C=O) groups is 3. The van der Waals surface area contributed by atoms with Crippen molar-refractivity contribution in [2.24, 2.45) is 11.8 Å². The predicted octanol–water partition coefficient (Wildman–Crippen LogP) is 3.05. The highest BCUT2D eigenvalue weighted by Crippen LogP contribution is 2.60. The SMILES string of the molecule is C=CCN(C(=O)[C@H]1N(CCCO)C(=O)[C@@H]2[C@@H](C(=O)OCC)[C@@H]3O[C@@]21CC3Br)c1ccc2ccccc2c1. The summed E-state index contributed by atoms with van der Waals surface area (Å²) in [5.41, 5.74) is -0.487. The zero-order valence-electron chi connectivity index (χ0n) is 20.7. The third kappa shape index (κ3) is 4.08. The normalized spacial score (nSPS) is 30.0. The first-order valence-electron chi connectivity index (χ1n) is 12.7. The molecule has 3 saturated heterocycles. The zero-order chi connectivity index (χ0) is 26.3. The minimum Gasteiger partial charge on any atom is -0.466 e. The van der Waals surface area contributed by atoms with Crippen LogP contribution in [0.4, 0.5) is 5.69 Å². The molecule has 0 aromatic heterocycles. The highest BCUT2D eigenvalue weighted by molar-refractivity contribution is 9.09. The first kappa shape index (κ1) is 25.9. The molecule has 5 rings (SSSR count). The molecule has 6 atom stereocenters. The molecule has 1 N–H and O–H groups in total. The number of esters is 1. The van der Waals surface area contributed by atoms with Gasteiger partial charge in [-0.15, -0.1) is 6.58 Å². The third-order valence-corrected chi connectivity index (χ3v) is 8.61. The first-order chi connectivity index (χ1) is 17.9. The van der Waals surface area contributed by atoms with Gasteiger partial charge in [0.15, 0.2) is 0 Å². The van der Waals surface area contributed by atoms with Gasteiger partial charge in [-0.3, -0.25) is 14.4 Å². The number of hydrogen-bond donors (Lipinski definition) is 1. The molecule has 0 saturated carbocycles. The monoisotopic (exact) mass is 570 g/mol. The van der Waals surface area contributed by atoms with Gasteiger partial charge in [0.2, 0.25) is 5.91 Å². The zero-order valence-corrected chi connectivity index (χ0v) is 22.3. The Morgan fingerprint density at radius 3 is 2.76 bits per heavy atom. The number of likely N-dealkylation sites (tertiary alicyclic amines) is 1. The summed E-state index contributed by atoms with van der Waals surface area (Å²) >= 11 is 3.65. The van der Waals surface area contributed by atoms with Gasteiger partial charge in [-0.1, -0.05) is 52.3 Å². The number of carbonyl (C=O) groups excluding carboxylic acids is 3. The number of rotatable bonds is 9. The average molecular weight is 571 g/mol. The second kappa shape index (κ2) is 10.2. The number of aliphatic hydroxyl groups excluding tert-OH is 1. The molecule has 3 aliphatic rings. The lowest BCUT2D eigenvalue weighted by Crippen LogP contribution is -2.57. The van der Waals surface area contributed by atoms with E-state index < -0.39 is 35.6 Å². The molecule has 2 bridgehead atoms. The van der Waals surface area contributed by atoms with Crippen molar-refractivity contribution in [3.05, 3.63) is 55.1 Å². The van der Waals surface area contributed by atoms with Gasteiger partial charge in [-0.05, 0) is 42.7 Å². The Kier molecular flexibility index (Phi) is 7.13. The topological polar surface area (TPSA) is 96.4 Å². The van der Waals surface area contributed by atoms with Crippen molar-refractivity contribution in [1.29, 1.82) is 0 Å². The lowest BCUT2D eigenvalue weighted by atomic mass is 9.70. The summed E-state index contributed by atoms with van der Waals surface area (Å²) in [4.78, 5) is 44.2.